The highest BCUT2D eigenvalue weighted by atomic mass is 33.1. The van der Waals surface area contributed by atoms with Crippen LogP contribution in [0.5, 0.6) is 5.75 Å². The van der Waals surface area contributed by atoms with E-state index in [0.29, 0.717) is 52.9 Å². The summed E-state index contributed by atoms with van der Waals surface area (Å²) in [5.74, 6) is -2.23. The number of allylic oxidation sites excluding steroid dienone is 4. The summed E-state index contributed by atoms with van der Waals surface area (Å²) in [5, 5.41) is 23.4. The van der Waals surface area contributed by atoms with E-state index < -0.39 is 94.5 Å². The average Bonchev–Trinajstić information content (AvgIpc) is 3.62. The van der Waals surface area contributed by atoms with E-state index >= 15 is 4.39 Å². The number of ether oxygens (including phenoxy) is 6. The molecule has 414 valence electrons. The van der Waals surface area contributed by atoms with Gasteiger partial charge >= 0.3 is 18.3 Å². The van der Waals surface area contributed by atoms with E-state index in [1.165, 1.54) is 51.8 Å². The number of nitrogens with one attached hydrogen (secondary N) is 1. The highest BCUT2D eigenvalue weighted by Gasteiger charge is 2.75. The van der Waals surface area contributed by atoms with Crippen molar-refractivity contribution in [2.75, 3.05) is 57.0 Å². The predicted molar refractivity (Wildman–Crippen MR) is 286 cm³/mol. The number of esters is 1. The Labute approximate surface area is 452 Å². The summed E-state index contributed by atoms with van der Waals surface area (Å²) < 4.78 is 64.3. The fourth-order valence-corrected chi connectivity index (χ4v) is 14.4. The van der Waals surface area contributed by atoms with Gasteiger partial charge in [-0.25, -0.2) is 18.4 Å². The number of aliphatic hydroxyl groups excluding tert-OH is 2. The normalized spacial score (nSPS) is 27.0. The van der Waals surface area contributed by atoms with Gasteiger partial charge in [0.25, 0.3) is 0 Å². The number of hydrogen-bond acceptors (Lipinski definition) is 17. The van der Waals surface area contributed by atoms with E-state index in [0.717, 1.165) is 58.3 Å². The van der Waals surface area contributed by atoms with E-state index in [-0.39, 0.29) is 44.0 Å². The number of aliphatic hydroxyl groups is 2. The van der Waals surface area contributed by atoms with Crippen LogP contribution in [-0.4, -0.2) is 114 Å². The highest BCUT2D eigenvalue weighted by molar-refractivity contribution is 8.76. The molecule has 2 aromatic carbocycles. The van der Waals surface area contributed by atoms with Crippen molar-refractivity contribution < 1.29 is 71.4 Å². The molecule has 0 bridgehead atoms. The molecule has 0 spiro atoms. The van der Waals surface area contributed by atoms with Crippen molar-refractivity contribution >= 4 is 62.5 Å². The Morgan fingerprint density at radius 2 is 1.60 bits per heavy atom. The molecular weight excluding hydrogens is 1030 g/mol. The summed E-state index contributed by atoms with van der Waals surface area (Å²) in [6.07, 6.45) is 6.89. The first-order chi connectivity index (χ1) is 36.1. The first-order valence-electron chi connectivity index (χ1n) is 26.3. The van der Waals surface area contributed by atoms with Gasteiger partial charge < -0.3 is 44.0 Å². The maximum atomic E-state index is 16.2. The third-order valence-electron chi connectivity index (χ3n) is 15.7. The van der Waals surface area contributed by atoms with Crippen LogP contribution in [0.3, 0.4) is 0 Å². The second-order valence-electron chi connectivity index (χ2n) is 20.3. The van der Waals surface area contributed by atoms with Crippen LogP contribution in [0.1, 0.15) is 115 Å². The van der Waals surface area contributed by atoms with Gasteiger partial charge in [-0.1, -0.05) is 98.2 Å². The van der Waals surface area contributed by atoms with E-state index in [1.807, 2.05) is 13.0 Å². The Hall–Kier alpha value is -3.98. The molecule has 0 aromatic heterocycles. The number of fused-ring (bicyclic) bond motifs is 5. The number of benzene rings is 2. The van der Waals surface area contributed by atoms with E-state index in [9.17, 15) is 38.6 Å². The highest BCUT2D eigenvalue weighted by Crippen LogP contribution is 2.72. The van der Waals surface area contributed by atoms with Gasteiger partial charge in [0.05, 0.1) is 12.7 Å². The molecule has 1 unspecified atom stereocenters. The molecule has 3 saturated carbocycles. The topological polar surface area (TPSA) is 193 Å². The number of alkyl halides is 2. The molecule has 0 radical (unpaired) electrons. The molecule has 6 rings (SSSR count). The summed E-state index contributed by atoms with van der Waals surface area (Å²) in [4.78, 5) is 65.7. The number of halogens is 2. The third kappa shape index (κ3) is 15.0. The Morgan fingerprint density at radius 1 is 0.893 bits per heavy atom. The summed E-state index contributed by atoms with van der Waals surface area (Å²) >= 11 is 0.429. The zero-order valence-electron chi connectivity index (χ0n) is 43.6. The molecule has 19 heteroatoms. The van der Waals surface area contributed by atoms with Crippen molar-refractivity contribution in [3.05, 3.63) is 89.0 Å². The number of carbonyl (C=O) groups excluding carboxylic acids is 5. The molecule has 4 aliphatic carbocycles. The lowest BCUT2D eigenvalue weighted by Crippen LogP contribution is -2.66. The van der Waals surface area contributed by atoms with Crippen LogP contribution in [0.25, 0.3) is 0 Å². The SMILES string of the molecule is CCC(=O)O[C@]1(C(=O)SCF)[C@H](C)C[C@H]2[C@@H]3C[C@H](F)C4=CC(=O)C=C[C@@H]4[C@@]3(C)[C@@H](OC(=O)OCCSSCCOC(=O)Oc3ccc(C(O)CNCCCCCOCCCCCc4ccccc4)cc3CO)C[C@@]21C. The van der Waals surface area contributed by atoms with Crippen molar-refractivity contribution in [2.45, 2.75) is 129 Å². The van der Waals surface area contributed by atoms with Crippen LogP contribution >= 0.6 is 33.3 Å². The van der Waals surface area contributed by atoms with Crippen LogP contribution in [0.2, 0.25) is 0 Å². The van der Waals surface area contributed by atoms with Gasteiger partial charge in [-0.15, -0.1) is 0 Å². The zero-order valence-corrected chi connectivity index (χ0v) is 46.1. The minimum atomic E-state index is -1.78. The van der Waals surface area contributed by atoms with Crippen LogP contribution in [0, 0.1) is 34.5 Å². The largest absolute Gasteiger partial charge is 0.513 e. The maximum absolute atomic E-state index is 16.2. The fourth-order valence-electron chi connectivity index (χ4n) is 11.9. The minimum Gasteiger partial charge on any atom is -0.449 e. The van der Waals surface area contributed by atoms with Gasteiger partial charge in [-0.05, 0) is 129 Å². The number of ketones is 1. The Morgan fingerprint density at radius 3 is 2.29 bits per heavy atom. The Kier molecular flexibility index (Phi) is 23.4. The van der Waals surface area contributed by atoms with Gasteiger partial charge in [-0.3, -0.25) is 14.4 Å². The monoisotopic (exact) mass is 1100 g/mol. The van der Waals surface area contributed by atoms with Crippen molar-refractivity contribution in [2.24, 2.45) is 34.5 Å². The van der Waals surface area contributed by atoms with Gasteiger partial charge in [0, 0.05) is 65.9 Å². The van der Waals surface area contributed by atoms with Crippen LogP contribution < -0.4 is 10.1 Å². The number of unbranched alkanes of at least 4 members (excludes halogenated alkanes) is 4. The predicted octanol–water partition coefficient (Wildman–Crippen LogP) is 10.8. The van der Waals surface area contributed by atoms with Crippen molar-refractivity contribution in [3.8, 4) is 5.75 Å². The number of hydrogen-bond donors (Lipinski definition) is 3. The smallest absolute Gasteiger partial charge is 0.449 e. The van der Waals surface area contributed by atoms with Crippen molar-refractivity contribution in [1.29, 1.82) is 0 Å². The molecular formula is C56H75F2NO13S3. The standard InChI is InChI=1S/C56H75F2NO13S3/c1-5-50(63)72-56(51(64)73-36-57)37(2)29-44-45-32-46(58)42-31-41(61)19-20-43(42)55(45,4)49(33-54(44,56)3)71-53(66)69-26-28-75-74-27-25-68-52(65)70-48-21-18-39(30-40(48)35-60)47(62)34-59-22-12-8-14-24-67-23-13-7-11-17-38-15-9-6-10-16-38/h6,9-10,15-16,18-21,30-31,37,43-47,49,59-60,62H,5,7-8,11-14,17,22-29,32-36H2,1-4H3/t37-,43+,44+,45+,46+,47?,49+,54+,55-,56+/m1/s1. The first kappa shape index (κ1) is 60.3. The third-order valence-corrected chi connectivity index (χ3v) is 18.7. The average molecular weight is 1100 g/mol. The Balaban J connectivity index is 0.892. The van der Waals surface area contributed by atoms with E-state index in [4.69, 9.17) is 28.4 Å². The van der Waals surface area contributed by atoms with Gasteiger partial charge in [0.1, 0.15) is 37.2 Å². The minimum absolute atomic E-state index is 0.00247. The molecule has 3 fully saturated rings. The molecule has 4 aliphatic rings. The van der Waals surface area contributed by atoms with Crippen molar-refractivity contribution in [1.82, 2.24) is 5.32 Å². The summed E-state index contributed by atoms with van der Waals surface area (Å²) in [6.45, 7) is 9.20. The van der Waals surface area contributed by atoms with E-state index in [2.05, 4.69) is 29.6 Å². The number of aryl methyl sites for hydroxylation is 1. The second-order valence-corrected chi connectivity index (χ2v) is 23.9. The molecule has 0 saturated heterocycles. The molecule has 10 atom stereocenters. The molecule has 0 amide bonds. The molecule has 75 heavy (non-hydrogen) atoms. The fraction of sp³-hybridized carbons (Fsp3) is 0.625. The van der Waals surface area contributed by atoms with Gasteiger partial charge in [0.2, 0.25) is 5.12 Å². The lowest BCUT2D eigenvalue weighted by molar-refractivity contribution is -0.213. The number of carbonyl (C=O) groups is 5. The molecule has 0 aliphatic heterocycles. The van der Waals surface area contributed by atoms with Gasteiger partial charge in [-0.2, -0.15) is 0 Å². The maximum Gasteiger partial charge on any atom is 0.513 e. The van der Waals surface area contributed by atoms with E-state index in [1.54, 1.807) is 39.0 Å². The molecule has 3 N–H and O–H groups in total. The molecule has 2 aromatic rings. The van der Waals surface area contributed by atoms with Gasteiger partial charge in [0.15, 0.2) is 11.4 Å². The van der Waals surface area contributed by atoms with Crippen LogP contribution in [0.4, 0.5) is 18.4 Å². The van der Waals surface area contributed by atoms with Crippen molar-refractivity contribution in [3.63, 3.8) is 0 Å². The lowest BCUT2D eigenvalue weighted by Gasteiger charge is -2.62. The second kappa shape index (κ2) is 29.1. The van der Waals surface area contributed by atoms with Crippen LogP contribution in [0.15, 0.2) is 72.3 Å². The summed E-state index contributed by atoms with van der Waals surface area (Å²) in [5.41, 5.74) is -1.36. The zero-order chi connectivity index (χ0) is 54.0. The Bertz CT molecular complexity index is 2290. The summed E-state index contributed by atoms with van der Waals surface area (Å²) in [7, 11) is 2.72. The first-order valence-corrected chi connectivity index (χ1v) is 29.8. The quantitative estimate of drug-likeness (QED) is 0.0229. The number of thioether (sulfide) groups is 1. The lowest BCUT2D eigenvalue weighted by atomic mass is 9.43. The van der Waals surface area contributed by atoms with Crippen LogP contribution in [-0.2, 0) is 51.1 Å². The summed E-state index contributed by atoms with van der Waals surface area (Å²) in [6, 6.07) is 14.2. The molecule has 0 heterocycles. The number of rotatable bonds is 29. The molecule has 14 nitrogen and oxygen atoms in total.